The van der Waals surface area contributed by atoms with Gasteiger partial charge in [0.1, 0.15) is 5.69 Å². The monoisotopic (exact) mass is 373 g/mol. The number of aryl methyl sites for hydroxylation is 1. The summed E-state index contributed by atoms with van der Waals surface area (Å²) in [5, 5.41) is 14.5. The molecule has 2 aromatic carbocycles. The molecule has 2 N–H and O–H groups in total. The molecule has 6 nitrogen and oxygen atoms in total. The number of carbonyl (C=O) groups is 1. The molecule has 1 heterocycles. The number of halogens is 1. The van der Waals surface area contributed by atoms with E-state index in [1.165, 1.54) is 6.07 Å². The zero-order valence-corrected chi connectivity index (χ0v) is 13.7. The molecule has 0 atom stereocenters. The zero-order chi connectivity index (χ0) is 16.6. The summed E-state index contributed by atoms with van der Waals surface area (Å²) in [7, 11) is 0. The van der Waals surface area contributed by atoms with Crippen LogP contribution in [0.1, 0.15) is 16.1 Å². The molecule has 1 amide bonds. The third-order valence-electron chi connectivity index (χ3n) is 3.49. The van der Waals surface area contributed by atoms with Crippen molar-refractivity contribution in [1.82, 2.24) is 4.98 Å². The number of amides is 1. The number of nitrogens with one attached hydrogen (secondary N) is 2. The second kappa shape index (κ2) is 5.85. The Labute approximate surface area is 139 Å². The molecule has 0 saturated heterocycles. The quantitative estimate of drug-likeness (QED) is 0.526. The minimum atomic E-state index is -0.467. The molecule has 0 aliphatic rings. The van der Waals surface area contributed by atoms with Gasteiger partial charge < -0.3 is 10.3 Å². The molecule has 3 rings (SSSR count). The maximum atomic E-state index is 12.3. The van der Waals surface area contributed by atoms with Crippen molar-refractivity contribution in [3.8, 4) is 0 Å². The van der Waals surface area contributed by atoms with Crippen LogP contribution in [-0.4, -0.2) is 15.8 Å². The highest BCUT2D eigenvalue weighted by molar-refractivity contribution is 9.10. The fraction of sp³-hybridized carbons (Fsp3) is 0.0625. The molecule has 116 valence electrons. The fourth-order valence-electron chi connectivity index (χ4n) is 2.31. The Balaban J connectivity index is 1.88. The minimum absolute atomic E-state index is 0.0247. The van der Waals surface area contributed by atoms with Crippen molar-refractivity contribution in [1.29, 1.82) is 0 Å². The molecule has 0 aliphatic heterocycles. The maximum Gasteiger partial charge on any atom is 0.274 e. The van der Waals surface area contributed by atoms with E-state index in [0.29, 0.717) is 16.9 Å². The van der Waals surface area contributed by atoms with Gasteiger partial charge in [-0.25, -0.2) is 0 Å². The van der Waals surface area contributed by atoms with Gasteiger partial charge in [0.15, 0.2) is 0 Å². The molecule has 0 spiro atoms. The summed E-state index contributed by atoms with van der Waals surface area (Å²) in [5.41, 5.74) is 2.13. The molecule has 23 heavy (non-hydrogen) atoms. The summed E-state index contributed by atoms with van der Waals surface area (Å²) >= 11 is 3.38. The molecular weight excluding hydrogens is 362 g/mol. The van der Waals surface area contributed by atoms with Crippen LogP contribution in [0, 0.1) is 17.0 Å². The van der Waals surface area contributed by atoms with Crippen LogP contribution < -0.4 is 5.32 Å². The number of benzene rings is 2. The van der Waals surface area contributed by atoms with Crippen molar-refractivity contribution in [2.24, 2.45) is 0 Å². The van der Waals surface area contributed by atoms with Crippen LogP contribution in [0.4, 0.5) is 11.4 Å². The Morgan fingerprint density at radius 1 is 1.22 bits per heavy atom. The standard InChI is InChI=1S/C16H12BrN3O3/c1-9-2-4-12(8-15(9)20(22)23)18-16(21)14-7-10-6-11(17)3-5-13(10)19-14/h2-8,19H,1H3,(H,18,21). The number of hydrogen-bond acceptors (Lipinski definition) is 3. The molecule has 0 unspecified atom stereocenters. The Morgan fingerprint density at radius 3 is 2.74 bits per heavy atom. The van der Waals surface area contributed by atoms with Gasteiger partial charge in [-0.3, -0.25) is 14.9 Å². The number of rotatable bonds is 3. The Kier molecular flexibility index (Phi) is 3.87. The van der Waals surface area contributed by atoms with Crippen LogP contribution >= 0.6 is 15.9 Å². The Hall–Kier alpha value is -2.67. The van der Waals surface area contributed by atoms with Gasteiger partial charge in [0.05, 0.1) is 4.92 Å². The van der Waals surface area contributed by atoms with Gasteiger partial charge in [0, 0.05) is 32.7 Å². The molecule has 0 fully saturated rings. The van der Waals surface area contributed by atoms with Crippen molar-refractivity contribution in [3.63, 3.8) is 0 Å². The summed E-state index contributed by atoms with van der Waals surface area (Å²) < 4.78 is 0.921. The predicted molar refractivity (Wildman–Crippen MR) is 91.8 cm³/mol. The lowest BCUT2D eigenvalue weighted by molar-refractivity contribution is -0.385. The summed E-state index contributed by atoms with van der Waals surface area (Å²) in [6, 6.07) is 12.0. The molecule has 0 bridgehead atoms. The van der Waals surface area contributed by atoms with Crippen molar-refractivity contribution in [2.75, 3.05) is 5.32 Å². The van der Waals surface area contributed by atoms with Crippen LogP contribution in [0.15, 0.2) is 46.9 Å². The lowest BCUT2D eigenvalue weighted by Gasteiger charge is -2.05. The third kappa shape index (κ3) is 3.09. The van der Waals surface area contributed by atoms with Gasteiger partial charge in [0.2, 0.25) is 0 Å². The number of fused-ring (bicyclic) bond motifs is 1. The normalized spacial score (nSPS) is 10.7. The second-order valence-electron chi connectivity index (χ2n) is 5.13. The van der Waals surface area contributed by atoms with Gasteiger partial charge in [-0.2, -0.15) is 0 Å². The fourth-order valence-corrected chi connectivity index (χ4v) is 2.69. The molecule has 3 aromatic rings. The zero-order valence-electron chi connectivity index (χ0n) is 12.1. The predicted octanol–water partition coefficient (Wildman–Crippen LogP) is 4.40. The number of hydrogen-bond donors (Lipinski definition) is 2. The van der Waals surface area contributed by atoms with E-state index < -0.39 is 4.92 Å². The maximum absolute atomic E-state index is 12.3. The summed E-state index contributed by atoms with van der Waals surface area (Å²) in [4.78, 5) is 25.8. The van der Waals surface area contributed by atoms with E-state index in [1.54, 1.807) is 25.1 Å². The van der Waals surface area contributed by atoms with Crippen molar-refractivity contribution in [2.45, 2.75) is 6.92 Å². The first-order valence-corrected chi connectivity index (χ1v) is 7.58. The first kappa shape index (κ1) is 15.2. The van der Waals surface area contributed by atoms with E-state index in [0.717, 1.165) is 15.4 Å². The summed E-state index contributed by atoms with van der Waals surface area (Å²) in [5.74, 6) is -0.351. The van der Waals surface area contributed by atoms with E-state index >= 15 is 0 Å². The molecule has 0 saturated carbocycles. The number of H-pyrrole nitrogens is 1. The van der Waals surface area contributed by atoms with Gasteiger partial charge >= 0.3 is 0 Å². The Bertz CT molecular complexity index is 933. The highest BCUT2D eigenvalue weighted by atomic mass is 79.9. The van der Waals surface area contributed by atoms with E-state index in [2.05, 4.69) is 26.2 Å². The van der Waals surface area contributed by atoms with Gasteiger partial charge in [-0.1, -0.05) is 22.0 Å². The van der Waals surface area contributed by atoms with Crippen LogP contribution in [0.25, 0.3) is 10.9 Å². The lowest BCUT2D eigenvalue weighted by atomic mass is 10.2. The number of aromatic amines is 1. The third-order valence-corrected chi connectivity index (χ3v) is 3.98. The van der Waals surface area contributed by atoms with Crippen LogP contribution in [0.3, 0.4) is 0 Å². The number of nitro benzene ring substituents is 1. The van der Waals surface area contributed by atoms with E-state index in [1.807, 2.05) is 18.2 Å². The van der Waals surface area contributed by atoms with Crippen molar-refractivity contribution >= 4 is 44.1 Å². The highest BCUT2D eigenvalue weighted by Gasteiger charge is 2.14. The van der Waals surface area contributed by atoms with E-state index in [9.17, 15) is 14.9 Å². The highest BCUT2D eigenvalue weighted by Crippen LogP contribution is 2.24. The van der Waals surface area contributed by atoms with Gasteiger partial charge in [0.25, 0.3) is 11.6 Å². The minimum Gasteiger partial charge on any atom is -0.351 e. The smallest absolute Gasteiger partial charge is 0.274 e. The SMILES string of the molecule is Cc1ccc(NC(=O)c2cc3cc(Br)ccc3[nH]2)cc1[N+](=O)[O-]. The largest absolute Gasteiger partial charge is 0.351 e. The average Bonchev–Trinajstić information content (AvgIpc) is 2.92. The van der Waals surface area contributed by atoms with Gasteiger partial charge in [-0.05, 0) is 37.3 Å². The summed E-state index contributed by atoms with van der Waals surface area (Å²) in [6.07, 6.45) is 0. The average molecular weight is 374 g/mol. The number of carbonyl (C=O) groups excluding carboxylic acids is 1. The molecule has 0 aliphatic carbocycles. The first-order chi connectivity index (χ1) is 10.9. The Morgan fingerprint density at radius 2 is 2.00 bits per heavy atom. The lowest BCUT2D eigenvalue weighted by Crippen LogP contribution is -2.12. The van der Waals surface area contributed by atoms with Crippen LogP contribution in [0.5, 0.6) is 0 Å². The molecule has 0 radical (unpaired) electrons. The topological polar surface area (TPSA) is 88.0 Å². The molecular formula is C16H12BrN3O3. The van der Waals surface area contributed by atoms with Crippen LogP contribution in [0.2, 0.25) is 0 Å². The number of aromatic nitrogens is 1. The van der Waals surface area contributed by atoms with E-state index in [-0.39, 0.29) is 11.6 Å². The number of nitrogens with zero attached hydrogens (tertiary/aromatic N) is 1. The van der Waals surface area contributed by atoms with E-state index in [4.69, 9.17) is 0 Å². The van der Waals surface area contributed by atoms with Gasteiger partial charge in [-0.15, -0.1) is 0 Å². The number of anilines is 1. The summed E-state index contributed by atoms with van der Waals surface area (Å²) in [6.45, 7) is 1.65. The van der Waals surface area contributed by atoms with Crippen molar-refractivity contribution in [3.05, 3.63) is 68.3 Å². The number of nitro groups is 1. The first-order valence-electron chi connectivity index (χ1n) is 6.79. The van der Waals surface area contributed by atoms with Crippen LogP contribution in [-0.2, 0) is 0 Å². The second-order valence-corrected chi connectivity index (χ2v) is 6.04. The van der Waals surface area contributed by atoms with Crippen molar-refractivity contribution < 1.29 is 9.72 Å². The molecule has 1 aromatic heterocycles. The molecule has 7 heteroatoms.